The highest BCUT2D eigenvalue weighted by Gasteiger charge is 2.43. The highest BCUT2D eigenvalue weighted by Crippen LogP contribution is 2.49. The molecule has 0 N–H and O–H groups in total. The van der Waals surface area contributed by atoms with Gasteiger partial charge in [0, 0.05) is 17.4 Å². The SMILES string of the molecule is COc1cc(C(C)=O)ccc1OCC1(CC#N)CC1. The van der Waals surface area contributed by atoms with Gasteiger partial charge in [-0.15, -0.1) is 0 Å². The van der Waals surface area contributed by atoms with Crippen molar-refractivity contribution in [3.63, 3.8) is 0 Å². The van der Waals surface area contributed by atoms with Gasteiger partial charge in [-0.25, -0.2) is 0 Å². The van der Waals surface area contributed by atoms with E-state index in [9.17, 15) is 4.79 Å². The van der Waals surface area contributed by atoms with Crippen LogP contribution in [0.4, 0.5) is 0 Å². The van der Waals surface area contributed by atoms with Crippen molar-refractivity contribution in [3.05, 3.63) is 23.8 Å². The molecule has 1 aromatic carbocycles. The zero-order chi connectivity index (χ0) is 13.9. The highest BCUT2D eigenvalue weighted by atomic mass is 16.5. The van der Waals surface area contributed by atoms with Gasteiger partial charge in [-0.05, 0) is 38.0 Å². The highest BCUT2D eigenvalue weighted by molar-refractivity contribution is 5.94. The quantitative estimate of drug-likeness (QED) is 0.737. The largest absolute Gasteiger partial charge is 0.493 e. The third-order valence-electron chi connectivity index (χ3n) is 3.52. The van der Waals surface area contributed by atoms with E-state index in [1.807, 2.05) is 0 Å². The van der Waals surface area contributed by atoms with Crippen molar-refractivity contribution in [2.24, 2.45) is 5.41 Å². The lowest BCUT2D eigenvalue weighted by molar-refractivity contribution is 0.101. The second-order valence-electron chi connectivity index (χ2n) is 5.05. The number of methoxy groups -OCH3 is 1. The van der Waals surface area contributed by atoms with Crippen molar-refractivity contribution < 1.29 is 14.3 Å². The van der Waals surface area contributed by atoms with Crippen LogP contribution in [0.3, 0.4) is 0 Å². The van der Waals surface area contributed by atoms with Crippen molar-refractivity contribution in [3.8, 4) is 17.6 Å². The summed E-state index contributed by atoms with van der Waals surface area (Å²) in [6.07, 6.45) is 2.60. The van der Waals surface area contributed by atoms with E-state index < -0.39 is 0 Å². The predicted molar refractivity (Wildman–Crippen MR) is 70.4 cm³/mol. The van der Waals surface area contributed by atoms with E-state index in [-0.39, 0.29) is 11.2 Å². The maximum absolute atomic E-state index is 11.3. The second kappa shape index (κ2) is 5.31. The van der Waals surface area contributed by atoms with Crippen molar-refractivity contribution in [2.45, 2.75) is 26.2 Å². The minimum absolute atomic E-state index is 0.00649. The van der Waals surface area contributed by atoms with Gasteiger partial charge < -0.3 is 9.47 Å². The molecule has 2 rings (SSSR count). The Hall–Kier alpha value is -2.02. The molecule has 0 bridgehead atoms. The topological polar surface area (TPSA) is 59.3 Å². The van der Waals surface area contributed by atoms with E-state index in [0.717, 1.165) is 12.8 Å². The molecule has 0 aliphatic heterocycles. The summed E-state index contributed by atoms with van der Waals surface area (Å²) in [5, 5.41) is 8.77. The van der Waals surface area contributed by atoms with Crippen LogP contribution in [-0.4, -0.2) is 19.5 Å². The summed E-state index contributed by atoms with van der Waals surface area (Å²) in [5.74, 6) is 1.17. The molecule has 1 aromatic rings. The Kier molecular flexibility index (Phi) is 3.75. The van der Waals surface area contributed by atoms with Gasteiger partial charge >= 0.3 is 0 Å². The summed E-state index contributed by atoms with van der Waals surface area (Å²) in [6.45, 7) is 2.04. The molecular weight excluding hydrogens is 242 g/mol. The number of nitriles is 1. The molecule has 1 saturated carbocycles. The minimum atomic E-state index is -0.00649. The third-order valence-corrected chi connectivity index (χ3v) is 3.52. The number of rotatable bonds is 6. The smallest absolute Gasteiger partial charge is 0.161 e. The van der Waals surface area contributed by atoms with Gasteiger partial charge in [0.1, 0.15) is 0 Å². The summed E-state index contributed by atoms with van der Waals surface area (Å²) >= 11 is 0. The average Bonchev–Trinajstić information content (AvgIpc) is 3.16. The summed E-state index contributed by atoms with van der Waals surface area (Å²) in [4.78, 5) is 11.3. The Bertz CT molecular complexity index is 527. The van der Waals surface area contributed by atoms with Crippen molar-refractivity contribution in [1.29, 1.82) is 5.26 Å². The van der Waals surface area contributed by atoms with E-state index in [0.29, 0.717) is 30.1 Å². The molecule has 0 radical (unpaired) electrons. The van der Waals surface area contributed by atoms with Gasteiger partial charge in [0.15, 0.2) is 17.3 Å². The lowest BCUT2D eigenvalue weighted by Crippen LogP contribution is -2.13. The number of carbonyl (C=O) groups is 1. The number of hydrogen-bond donors (Lipinski definition) is 0. The summed E-state index contributed by atoms with van der Waals surface area (Å²) < 4.78 is 11.0. The van der Waals surface area contributed by atoms with Gasteiger partial charge in [0.25, 0.3) is 0 Å². The number of ketones is 1. The van der Waals surface area contributed by atoms with Gasteiger partial charge in [-0.1, -0.05) is 0 Å². The van der Waals surface area contributed by atoms with E-state index >= 15 is 0 Å². The lowest BCUT2D eigenvalue weighted by atomic mass is 10.1. The molecule has 100 valence electrons. The number of nitrogens with zero attached hydrogens (tertiary/aromatic N) is 1. The average molecular weight is 259 g/mol. The molecule has 4 nitrogen and oxygen atoms in total. The summed E-state index contributed by atoms with van der Waals surface area (Å²) in [5.41, 5.74) is 0.626. The fourth-order valence-corrected chi connectivity index (χ4v) is 1.95. The number of carbonyl (C=O) groups excluding carboxylic acids is 1. The number of Topliss-reactive ketones (excluding diaryl/α,β-unsaturated/α-hetero) is 1. The second-order valence-corrected chi connectivity index (χ2v) is 5.05. The first kappa shape index (κ1) is 13.4. The van der Waals surface area contributed by atoms with E-state index in [2.05, 4.69) is 6.07 Å². The first-order valence-electron chi connectivity index (χ1n) is 6.29. The van der Waals surface area contributed by atoms with Crippen LogP contribution in [0, 0.1) is 16.7 Å². The van der Waals surface area contributed by atoms with Crippen LogP contribution in [0.5, 0.6) is 11.5 Å². The molecule has 0 atom stereocenters. The zero-order valence-corrected chi connectivity index (χ0v) is 11.2. The van der Waals surface area contributed by atoms with Gasteiger partial charge in [0.05, 0.1) is 19.8 Å². The van der Waals surface area contributed by atoms with Crippen LogP contribution < -0.4 is 9.47 Å². The van der Waals surface area contributed by atoms with Crippen molar-refractivity contribution in [2.75, 3.05) is 13.7 Å². The Morgan fingerprint density at radius 2 is 2.16 bits per heavy atom. The lowest BCUT2D eigenvalue weighted by Gasteiger charge is -2.15. The summed E-state index contributed by atoms with van der Waals surface area (Å²) in [7, 11) is 1.55. The predicted octanol–water partition coefficient (Wildman–Crippen LogP) is 2.97. The molecule has 0 amide bonds. The first-order chi connectivity index (χ1) is 9.10. The van der Waals surface area contributed by atoms with Crippen LogP contribution in [0.15, 0.2) is 18.2 Å². The molecule has 0 spiro atoms. The third kappa shape index (κ3) is 3.05. The molecule has 0 aromatic heterocycles. The van der Waals surface area contributed by atoms with Crippen LogP contribution in [0.2, 0.25) is 0 Å². The maximum atomic E-state index is 11.3. The molecule has 19 heavy (non-hydrogen) atoms. The Labute approximate surface area is 112 Å². The fraction of sp³-hybridized carbons (Fsp3) is 0.467. The monoisotopic (exact) mass is 259 g/mol. The number of benzene rings is 1. The maximum Gasteiger partial charge on any atom is 0.161 e. The standard InChI is InChI=1S/C15H17NO3/c1-11(17)12-3-4-13(14(9-12)18-2)19-10-15(5-6-15)7-8-16/h3-4,9H,5-7,10H2,1-2H3. The molecule has 0 unspecified atom stereocenters. The number of ether oxygens (including phenoxy) is 2. The molecule has 1 aliphatic carbocycles. The minimum Gasteiger partial charge on any atom is -0.493 e. The Balaban J connectivity index is 2.08. The van der Waals surface area contributed by atoms with Crippen LogP contribution in [0.25, 0.3) is 0 Å². The molecule has 1 fully saturated rings. The van der Waals surface area contributed by atoms with E-state index in [1.165, 1.54) is 6.92 Å². The van der Waals surface area contributed by atoms with E-state index in [4.69, 9.17) is 14.7 Å². The molecule has 4 heteroatoms. The normalized spacial score (nSPS) is 15.4. The molecular formula is C15H17NO3. The molecule has 1 aliphatic rings. The van der Waals surface area contributed by atoms with Gasteiger partial charge in [-0.3, -0.25) is 4.79 Å². The van der Waals surface area contributed by atoms with Crippen molar-refractivity contribution >= 4 is 5.78 Å². The molecule has 0 saturated heterocycles. The summed E-state index contributed by atoms with van der Waals surface area (Å²) in [6, 6.07) is 7.36. The Morgan fingerprint density at radius 3 is 2.68 bits per heavy atom. The molecule has 0 heterocycles. The fourth-order valence-electron chi connectivity index (χ4n) is 1.95. The van der Waals surface area contributed by atoms with Crippen molar-refractivity contribution in [1.82, 2.24) is 0 Å². The van der Waals surface area contributed by atoms with Crippen LogP contribution >= 0.6 is 0 Å². The number of hydrogen-bond acceptors (Lipinski definition) is 4. The van der Waals surface area contributed by atoms with Crippen LogP contribution in [0.1, 0.15) is 36.5 Å². The van der Waals surface area contributed by atoms with Gasteiger partial charge in [-0.2, -0.15) is 5.26 Å². The Morgan fingerprint density at radius 1 is 1.42 bits per heavy atom. The first-order valence-corrected chi connectivity index (χ1v) is 6.29. The van der Waals surface area contributed by atoms with Gasteiger partial charge in [0.2, 0.25) is 0 Å². The van der Waals surface area contributed by atoms with E-state index in [1.54, 1.807) is 25.3 Å². The van der Waals surface area contributed by atoms with Crippen LogP contribution in [-0.2, 0) is 0 Å². The zero-order valence-electron chi connectivity index (χ0n) is 11.2.